The second kappa shape index (κ2) is 16.2. The lowest BCUT2D eigenvalue weighted by atomic mass is 10.2. The molecule has 48 heavy (non-hydrogen) atoms. The van der Waals surface area contributed by atoms with E-state index >= 15 is 0 Å². The fraction of sp³-hybridized carbons (Fsp3) is 0.273. The Labute approximate surface area is 283 Å². The van der Waals surface area contributed by atoms with Crippen molar-refractivity contribution in [2.24, 2.45) is 0 Å². The van der Waals surface area contributed by atoms with E-state index in [4.69, 9.17) is 9.84 Å². The summed E-state index contributed by atoms with van der Waals surface area (Å²) in [6.07, 6.45) is 1.01. The lowest BCUT2D eigenvalue weighted by Gasteiger charge is -2.15. The van der Waals surface area contributed by atoms with E-state index in [9.17, 15) is 19.1 Å². The molecule has 15 heteroatoms. The van der Waals surface area contributed by atoms with Crippen LogP contribution in [-0.2, 0) is 11.2 Å². The van der Waals surface area contributed by atoms with Gasteiger partial charge in [0.2, 0.25) is 0 Å². The Hall–Kier alpha value is -5.01. The molecule has 0 amide bonds. The van der Waals surface area contributed by atoms with Crippen LogP contribution in [0.3, 0.4) is 0 Å². The van der Waals surface area contributed by atoms with E-state index in [1.807, 2.05) is 37.3 Å². The largest absolute Gasteiger partial charge is 0.491 e. The lowest BCUT2D eigenvalue weighted by molar-refractivity contribution is -0.121. The minimum atomic E-state index is -1.14. The summed E-state index contributed by atoms with van der Waals surface area (Å²) in [7, 11) is 1.75. The number of aliphatic hydroxyl groups excluding tert-OH is 1. The number of Topliss-reactive ketones (excluding diaryl/α,β-unsaturated/α-hetero) is 1. The number of ketones is 1. The van der Waals surface area contributed by atoms with E-state index in [-0.39, 0.29) is 30.3 Å². The molecule has 4 N–H and O–H groups in total. The number of carbonyl (C=O) groups excluding carboxylic acids is 1. The zero-order chi connectivity index (χ0) is 34.0. The molecule has 12 nitrogen and oxygen atoms in total. The Morgan fingerprint density at radius 1 is 1.10 bits per heavy atom. The Bertz CT molecular complexity index is 1950. The zero-order valence-electron chi connectivity index (χ0n) is 26.1. The summed E-state index contributed by atoms with van der Waals surface area (Å²) < 4.78 is 21.3. The van der Waals surface area contributed by atoms with Crippen molar-refractivity contribution in [1.82, 2.24) is 25.5 Å². The highest BCUT2D eigenvalue weighted by molar-refractivity contribution is 7.22. The number of carboxylic acids is 1. The van der Waals surface area contributed by atoms with Crippen molar-refractivity contribution in [3.05, 3.63) is 76.0 Å². The summed E-state index contributed by atoms with van der Waals surface area (Å²) in [4.78, 5) is 34.3. The van der Waals surface area contributed by atoms with Gasteiger partial charge in [0.1, 0.15) is 6.61 Å². The summed E-state index contributed by atoms with van der Waals surface area (Å²) in [6, 6.07) is 14.1. The number of rotatable bonds is 15. The van der Waals surface area contributed by atoms with E-state index in [0.717, 1.165) is 15.8 Å². The number of para-hydroxylation sites is 1. The SMILES string of the molecule is Cc1cc(N(C)c2nc(C(=O)O)c(CCCOc3ccc(C#CCNCCC(=O)CO)cc3F)s2)nnc1Nc1nc2ccccc2s1. The van der Waals surface area contributed by atoms with Gasteiger partial charge in [0.15, 0.2) is 44.9 Å². The number of nitrogens with zero attached hydrogens (tertiary/aromatic N) is 5. The Kier molecular flexibility index (Phi) is 11.6. The number of aromatic carboxylic acids is 1. The molecule has 0 unspecified atom stereocenters. The number of thiazole rings is 2. The number of nitrogens with one attached hydrogen (secondary N) is 2. The highest BCUT2D eigenvalue weighted by Gasteiger charge is 2.21. The normalized spacial score (nSPS) is 10.8. The molecule has 0 radical (unpaired) electrons. The third-order valence-electron chi connectivity index (χ3n) is 6.95. The van der Waals surface area contributed by atoms with Gasteiger partial charge in [-0.25, -0.2) is 19.2 Å². The standard InChI is InChI=1S/C33H32FN7O5S2/c1-20-17-28(39-40-30(20)38-32-36-24-8-3-4-9-26(24)47-32)41(2)33-37-29(31(44)45)27(48-33)10-6-16-46-25-12-11-21(18-23(25)34)7-5-14-35-15-13-22(43)19-42/h3-4,8-9,11-12,17-18,35,42H,6,10,13-16,19H2,1-2H3,(H,44,45)(H,36,38,40). The first kappa shape index (κ1) is 34.3. The average molecular weight is 690 g/mol. The molecule has 3 aromatic heterocycles. The molecule has 0 aliphatic heterocycles. The second-order valence-corrected chi connectivity index (χ2v) is 12.6. The highest BCUT2D eigenvalue weighted by atomic mass is 32.1. The molecule has 0 atom stereocenters. The summed E-state index contributed by atoms with van der Waals surface area (Å²) >= 11 is 2.75. The molecule has 0 saturated heterocycles. The molecule has 0 saturated carbocycles. The Balaban J connectivity index is 1.15. The number of aliphatic hydroxyl groups is 1. The number of anilines is 4. The number of benzene rings is 2. The van der Waals surface area contributed by atoms with E-state index in [0.29, 0.717) is 58.3 Å². The molecule has 5 rings (SSSR count). The van der Waals surface area contributed by atoms with Gasteiger partial charge < -0.3 is 30.5 Å². The zero-order valence-corrected chi connectivity index (χ0v) is 27.8. The number of halogens is 1. The van der Waals surface area contributed by atoms with Gasteiger partial charge in [-0.3, -0.25) is 4.79 Å². The maximum atomic E-state index is 14.6. The molecule has 3 heterocycles. The Morgan fingerprint density at radius 2 is 1.94 bits per heavy atom. The van der Waals surface area contributed by atoms with Crippen LogP contribution in [0.5, 0.6) is 5.75 Å². The number of aromatic nitrogens is 4. The van der Waals surface area contributed by atoms with Crippen molar-refractivity contribution >= 4 is 66.5 Å². The van der Waals surface area contributed by atoms with Gasteiger partial charge in [0.05, 0.1) is 23.4 Å². The van der Waals surface area contributed by atoms with E-state index < -0.39 is 18.4 Å². The number of ether oxygens (including phenoxy) is 1. The van der Waals surface area contributed by atoms with Crippen molar-refractivity contribution in [2.75, 3.05) is 43.6 Å². The maximum Gasteiger partial charge on any atom is 0.355 e. The minimum absolute atomic E-state index is 0.0516. The van der Waals surface area contributed by atoms with Crippen molar-refractivity contribution in [1.29, 1.82) is 0 Å². The number of carboxylic acid groups (broad SMARTS) is 1. The number of hydrogen-bond donors (Lipinski definition) is 4. The molecule has 248 valence electrons. The molecule has 0 spiro atoms. The summed E-state index contributed by atoms with van der Waals surface area (Å²) in [5.74, 6) is 4.87. The number of fused-ring (bicyclic) bond motifs is 1. The summed E-state index contributed by atoms with van der Waals surface area (Å²) in [5.41, 5.74) is 2.14. The van der Waals surface area contributed by atoms with Crippen molar-refractivity contribution in [3.63, 3.8) is 0 Å². The quantitative estimate of drug-likeness (QED) is 0.0851. The number of hydrogen-bond acceptors (Lipinski definition) is 13. The van der Waals surface area contributed by atoms with E-state index in [1.165, 1.54) is 34.8 Å². The Morgan fingerprint density at radius 3 is 2.69 bits per heavy atom. The van der Waals surface area contributed by atoms with Crippen molar-refractivity contribution in [2.45, 2.75) is 26.2 Å². The fourth-order valence-electron chi connectivity index (χ4n) is 4.42. The second-order valence-electron chi connectivity index (χ2n) is 10.5. The van der Waals surface area contributed by atoms with Crippen LogP contribution >= 0.6 is 22.7 Å². The van der Waals surface area contributed by atoms with Crippen LogP contribution in [0, 0.1) is 24.6 Å². The lowest BCUT2D eigenvalue weighted by Crippen LogP contribution is -2.19. The fourth-order valence-corrected chi connectivity index (χ4v) is 6.35. The van der Waals surface area contributed by atoms with E-state index in [1.54, 1.807) is 18.0 Å². The van der Waals surface area contributed by atoms with Crippen LogP contribution in [0.2, 0.25) is 0 Å². The first-order chi connectivity index (χ1) is 23.2. The van der Waals surface area contributed by atoms with Gasteiger partial charge >= 0.3 is 5.97 Å². The third kappa shape index (κ3) is 8.87. The molecule has 0 aliphatic rings. The molecule has 5 aromatic rings. The van der Waals surface area contributed by atoms with Crippen LogP contribution in [-0.4, -0.2) is 75.5 Å². The molecular formula is C33H32FN7O5S2. The summed E-state index contributed by atoms with van der Waals surface area (Å²) in [6.45, 7) is 2.29. The van der Waals surface area contributed by atoms with Gasteiger partial charge in [-0.05, 0) is 61.7 Å². The van der Waals surface area contributed by atoms with Crippen LogP contribution in [0.25, 0.3) is 10.2 Å². The highest BCUT2D eigenvalue weighted by Crippen LogP contribution is 2.33. The van der Waals surface area contributed by atoms with Gasteiger partial charge in [-0.1, -0.05) is 35.3 Å². The van der Waals surface area contributed by atoms with E-state index in [2.05, 4.69) is 42.6 Å². The molecule has 0 bridgehead atoms. The van der Waals surface area contributed by atoms with Gasteiger partial charge in [0.25, 0.3) is 0 Å². The summed E-state index contributed by atoms with van der Waals surface area (Å²) in [5, 5.41) is 34.5. The van der Waals surface area contributed by atoms with Crippen LogP contribution in [0.1, 0.15) is 39.3 Å². The molecule has 0 aliphatic carbocycles. The van der Waals surface area contributed by atoms with Gasteiger partial charge in [-0.15, -0.1) is 21.5 Å². The average Bonchev–Trinajstić information content (AvgIpc) is 3.70. The first-order valence-corrected chi connectivity index (χ1v) is 16.5. The molecule has 2 aromatic carbocycles. The number of carbonyl (C=O) groups is 2. The monoisotopic (exact) mass is 689 g/mol. The smallest absolute Gasteiger partial charge is 0.355 e. The first-order valence-electron chi connectivity index (χ1n) is 14.9. The van der Waals surface area contributed by atoms with Crippen molar-refractivity contribution < 1.29 is 28.9 Å². The molecule has 0 fully saturated rings. The predicted octanol–water partition coefficient (Wildman–Crippen LogP) is 5.10. The van der Waals surface area contributed by atoms with Crippen LogP contribution in [0.4, 0.5) is 26.3 Å². The number of aryl methyl sites for hydroxylation is 2. The molecular weight excluding hydrogens is 658 g/mol. The van der Waals surface area contributed by atoms with Crippen molar-refractivity contribution in [3.8, 4) is 17.6 Å². The third-order valence-corrected chi connectivity index (χ3v) is 9.09. The predicted molar refractivity (Wildman–Crippen MR) is 183 cm³/mol. The van der Waals surface area contributed by atoms with Gasteiger partial charge in [0, 0.05) is 30.5 Å². The topological polar surface area (TPSA) is 163 Å². The maximum absolute atomic E-state index is 14.6. The van der Waals surface area contributed by atoms with Gasteiger partial charge in [-0.2, -0.15) is 0 Å². The minimum Gasteiger partial charge on any atom is -0.491 e. The van der Waals surface area contributed by atoms with Crippen LogP contribution in [0.15, 0.2) is 48.5 Å². The van der Waals surface area contributed by atoms with Crippen LogP contribution < -0.4 is 20.3 Å².